The molecule has 3 aliphatic heterocycles. The van der Waals surface area contributed by atoms with Crippen molar-refractivity contribution in [1.82, 2.24) is 4.90 Å². The average molecular weight is 375 g/mol. The number of para-hydroxylation sites is 1. The Bertz CT molecular complexity index is 1010. The van der Waals surface area contributed by atoms with E-state index < -0.39 is 0 Å². The predicted octanol–water partition coefficient (Wildman–Crippen LogP) is 4.51. The van der Waals surface area contributed by atoms with E-state index in [9.17, 15) is 9.90 Å². The summed E-state index contributed by atoms with van der Waals surface area (Å²) in [4.78, 5) is 15.5. The number of Topliss-reactive ketones (excluding diaryl/α,β-unsaturated/α-hetero) is 1. The largest absolute Gasteiger partial charge is 0.452 e. The van der Waals surface area contributed by atoms with Crippen LogP contribution >= 0.6 is 0 Å². The molecule has 3 fully saturated rings. The van der Waals surface area contributed by atoms with Crippen molar-refractivity contribution in [1.29, 1.82) is 0 Å². The van der Waals surface area contributed by atoms with Gasteiger partial charge in [-0.25, -0.2) is 0 Å². The van der Waals surface area contributed by atoms with Crippen molar-refractivity contribution in [2.24, 2.45) is 11.8 Å². The summed E-state index contributed by atoms with van der Waals surface area (Å²) in [7, 11) is 0. The van der Waals surface area contributed by atoms with Gasteiger partial charge in [-0.05, 0) is 61.0 Å². The van der Waals surface area contributed by atoms with Crippen molar-refractivity contribution >= 4 is 16.8 Å². The Morgan fingerprint density at radius 2 is 1.93 bits per heavy atom. The molecule has 4 heterocycles. The maximum absolute atomic E-state index is 13.0. The number of carbonyl (C=O) groups is 1. The third-order valence-corrected chi connectivity index (χ3v) is 6.48. The van der Waals surface area contributed by atoms with Gasteiger partial charge < -0.3 is 14.4 Å². The summed E-state index contributed by atoms with van der Waals surface area (Å²) >= 11 is 0. The molecule has 0 radical (unpaired) electrons. The highest BCUT2D eigenvalue weighted by Gasteiger charge is 2.35. The molecule has 2 aromatic carbocycles. The van der Waals surface area contributed by atoms with Crippen LogP contribution in [0.3, 0.4) is 0 Å². The van der Waals surface area contributed by atoms with Crippen LogP contribution in [0.4, 0.5) is 0 Å². The van der Waals surface area contributed by atoms with Crippen LogP contribution in [0.2, 0.25) is 0 Å². The summed E-state index contributed by atoms with van der Waals surface area (Å²) in [6.07, 6.45) is 3.03. The zero-order chi connectivity index (χ0) is 19.1. The molecule has 0 unspecified atom stereocenters. The number of nitrogens with zero attached hydrogens (tertiary/aromatic N) is 1. The van der Waals surface area contributed by atoms with Crippen LogP contribution in [0.25, 0.3) is 22.1 Å². The molecule has 28 heavy (non-hydrogen) atoms. The number of rotatable bonds is 5. The summed E-state index contributed by atoms with van der Waals surface area (Å²) in [5.74, 6) is 1.74. The van der Waals surface area contributed by atoms with Gasteiger partial charge in [-0.3, -0.25) is 4.79 Å². The zero-order valence-corrected chi connectivity index (χ0v) is 15.9. The van der Waals surface area contributed by atoms with Crippen LogP contribution in [-0.4, -0.2) is 35.4 Å². The Morgan fingerprint density at radius 1 is 1.11 bits per heavy atom. The Morgan fingerprint density at radius 3 is 2.68 bits per heavy atom. The number of aliphatic hydroxyl groups excluding tert-OH is 1. The molecule has 1 atom stereocenters. The Hall–Kier alpha value is -2.43. The second-order valence-electron chi connectivity index (χ2n) is 8.22. The summed E-state index contributed by atoms with van der Waals surface area (Å²) < 4.78 is 6.08. The number of hydrogen-bond donors (Lipinski definition) is 1. The fourth-order valence-corrected chi connectivity index (χ4v) is 4.92. The summed E-state index contributed by atoms with van der Waals surface area (Å²) in [6.45, 7) is 3.44. The molecule has 3 saturated heterocycles. The van der Waals surface area contributed by atoms with Gasteiger partial charge in [-0.15, -0.1) is 0 Å². The number of ketones is 1. The smallest absolute Gasteiger partial charge is 0.198 e. The number of furan rings is 1. The molecule has 0 aliphatic carbocycles. The third-order valence-electron chi connectivity index (χ3n) is 6.48. The van der Waals surface area contributed by atoms with E-state index in [-0.39, 0.29) is 12.4 Å². The first kappa shape index (κ1) is 17.7. The quantitative estimate of drug-likeness (QED) is 0.667. The second kappa shape index (κ2) is 7.19. The summed E-state index contributed by atoms with van der Waals surface area (Å²) in [6, 6.07) is 15.7. The molecular weight excluding hydrogens is 350 g/mol. The molecule has 4 nitrogen and oxygen atoms in total. The minimum Gasteiger partial charge on any atom is -0.452 e. The van der Waals surface area contributed by atoms with Crippen molar-refractivity contribution in [2.45, 2.75) is 25.9 Å². The van der Waals surface area contributed by atoms with Crippen LogP contribution in [0.1, 0.15) is 35.4 Å². The summed E-state index contributed by atoms with van der Waals surface area (Å²) in [5.41, 5.74) is 3.55. The van der Waals surface area contributed by atoms with Crippen molar-refractivity contribution in [3.63, 3.8) is 0 Å². The van der Waals surface area contributed by atoms with Gasteiger partial charge in [0.05, 0.1) is 6.61 Å². The SMILES string of the molecule is O=C(C[C@H]1CN2CCC1CC2)c1cc2cccc(-c3cccc(CO)c3)c2o1. The molecule has 0 spiro atoms. The first-order valence-corrected chi connectivity index (χ1v) is 10.2. The third kappa shape index (κ3) is 3.17. The molecule has 3 aromatic rings. The predicted molar refractivity (Wildman–Crippen MR) is 109 cm³/mol. The van der Waals surface area contributed by atoms with Gasteiger partial charge in [0.1, 0.15) is 5.58 Å². The number of hydrogen-bond acceptors (Lipinski definition) is 4. The molecule has 3 aliphatic rings. The van der Waals surface area contributed by atoms with Crippen molar-refractivity contribution in [2.75, 3.05) is 19.6 Å². The van der Waals surface area contributed by atoms with E-state index in [0.29, 0.717) is 24.0 Å². The fraction of sp³-hybridized carbons (Fsp3) is 0.375. The molecule has 4 heteroatoms. The van der Waals surface area contributed by atoms with E-state index >= 15 is 0 Å². The van der Waals surface area contributed by atoms with Crippen LogP contribution < -0.4 is 0 Å². The van der Waals surface area contributed by atoms with Crippen molar-refractivity contribution < 1.29 is 14.3 Å². The topological polar surface area (TPSA) is 53.7 Å². The molecule has 144 valence electrons. The molecule has 2 bridgehead atoms. The van der Waals surface area contributed by atoms with Crippen molar-refractivity contribution in [3.05, 3.63) is 59.9 Å². The van der Waals surface area contributed by atoms with E-state index in [4.69, 9.17) is 4.42 Å². The Labute approximate surface area is 164 Å². The Balaban J connectivity index is 1.44. The highest BCUT2D eigenvalue weighted by atomic mass is 16.3. The van der Waals surface area contributed by atoms with E-state index in [0.717, 1.165) is 34.2 Å². The van der Waals surface area contributed by atoms with E-state index in [1.807, 2.05) is 48.5 Å². The maximum Gasteiger partial charge on any atom is 0.198 e. The Kier molecular flexibility index (Phi) is 4.53. The zero-order valence-electron chi connectivity index (χ0n) is 15.9. The van der Waals surface area contributed by atoms with Crippen LogP contribution in [0.5, 0.6) is 0 Å². The lowest BCUT2D eigenvalue weighted by Gasteiger charge is -2.44. The van der Waals surface area contributed by atoms with Gasteiger partial charge in [-0.2, -0.15) is 0 Å². The van der Waals surface area contributed by atoms with Crippen LogP contribution in [0.15, 0.2) is 52.9 Å². The van der Waals surface area contributed by atoms with Gasteiger partial charge in [0.25, 0.3) is 0 Å². The molecule has 1 N–H and O–H groups in total. The van der Waals surface area contributed by atoms with Crippen molar-refractivity contribution in [3.8, 4) is 11.1 Å². The second-order valence-corrected chi connectivity index (χ2v) is 8.22. The highest BCUT2D eigenvalue weighted by Crippen LogP contribution is 2.36. The standard InChI is InChI=1S/C24H25NO3/c26-15-16-3-1-4-18(11-16)21-6-2-5-19-13-23(28-24(19)21)22(27)12-20-14-25-9-7-17(20)8-10-25/h1-6,11,13,17,20,26H,7-10,12,14-15H2/t20-/m0/s1. The molecule has 1 aromatic heterocycles. The number of benzene rings is 2. The van der Waals surface area contributed by atoms with Crippen LogP contribution in [-0.2, 0) is 6.61 Å². The number of carbonyl (C=O) groups excluding carboxylic acids is 1. The maximum atomic E-state index is 13.0. The molecule has 0 saturated carbocycles. The first-order chi connectivity index (χ1) is 13.7. The molecule has 0 amide bonds. The minimum atomic E-state index is 0.00524. The summed E-state index contributed by atoms with van der Waals surface area (Å²) in [5, 5.41) is 10.4. The number of piperidine rings is 3. The molecule has 6 rings (SSSR count). The normalized spacial score (nSPS) is 24.0. The van der Waals surface area contributed by atoms with Gasteiger partial charge in [0.15, 0.2) is 11.5 Å². The minimum absolute atomic E-state index is 0.00524. The van der Waals surface area contributed by atoms with Gasteiger partial charge in [0.2, 0.25) is 0 Å². The monoisotopic (exact) mass is 375 g/mol. The van der Waals surface area contributed by atoms with Gasteiger partial charge in [0, 0.05) is 23.9 Å². The average Bonchev–Trinajstić information content (AvgIpc) is 3.19. The highest BCUT2D eigenvalue weighted by molar-refractivity contribution is 6.01. The lowest BCUT2D eigenvalue weighted by atomic mass is 9.76. The van der Waals surface area contributed by atoms with Gasteiger partial charge in [-0.1, -0.05) is 36.4 Å². The van der Waals surface area contributed by atoms with E-state index in [2.05, 4.69) is 4.90 Å². The number of fused-ring (bicyclic) bond motifs is 4. The van der Waals surface area contributed by atoms with E-state index in [1.165, 1.54) is 25.9 Å². The number of aliphatic hydroxyl groups is 1. The lowest BCUT2D eigenvalue weighted by molar-refractivity contribution is 0.0433. The fourth-order valence-electron chi connectivity index (χ4n) is 4.92. The van der Waals surface area contributed by atoms with E-state index in [1.54, 1.807) is 0 Å². The van der Waals surface area contributed by atoms with Gasteiger partial charge >= 0.3 is 0 Å². The lowest BCUT2D eigenvalue weighted by Crippen LogP contribution is -2.47. The van der Waals surface area contributed by atoms with Crippen LogP contribution in [0, 0.1) is 11.8 Å². The first-order valence-electron chi connectivity index (χ1n) is 10.2. The molecular formula is C24H25NO3.